The van der Waals surface area contributed by atoms with Crippen LogP contribution in [0.15, 0.2) is 23.3 Å². The molecule has 1 saturated heterocycles. The van der Waals surface area contributed by atoms with E-state index in [-0.39, 0.29) is 5.97 Å². The van der Waals surface area contributed by atoms with Crippen molar-refractivity contribution in [1.29, 1.82) is 0 Å². The van der Waals surface area contributed by atoms with Crippen LogP contribution in [-0.4, -0.2) is 22.6 Å². The van der Waals surface area contributed by atoms with Gasteiger partial charge in [-0.1, -0.05) is 31.1 Å². The number of allylic oxidation sites excluding steroid dienone is 3. The quantitative estimate of drug-likeness (QED) is 0.224. The number of hydrogen-bond acceptors (Lipinski definition) is 3. The number of rotatable bonds is 10. The van der Waals surface area contributed by atoms with Crippen LogP contribution in [0.5, 0.6) is 0 Å². The van der Waals surface area contributed by atoms with Gasteiger partial charge in [0, 0.05) is 16.1 Å². The van der Waals surface area contributed by atoms with Crippen LogP contribution in [0.4, 0.5) is 0 Å². The van der Waals surface area contributed by atoms with E-state index in [0.29, 0.717) is 11.4 Å². The number of carbonyl (C=O) groups is 1. The summed E-state index contributed by atoms with van der Waals surface area (Å²) in [4.78, 5) is 11.4. The molecule has 1 rings (SSSR count). The van der Waals surface area contributed by atoms with E-state index < -0.39 is 0 Å². The van der Waals surface area contributed by atoms with Gasteiger partial charge in [0.1, 0.15) is 0 Å². The summed E-state index contributed by atoms with van der Waals surface area (Å²) < 4.78 is 5.48. The number of carbonyl (C=O) groups excluding carboxylic acids is 1. The summed E-state index contributed by atoms with van der Waals surface area (Å²) in [7, 11) is 0. The molecule has 0 saturated carbocycles. The first-order valence-electron chi connectivity index (χ1n) is 8.64. The number of hydrogen-bond donors (Lipinski definition) is 0. The van der Waals surface area contributed by atoms with Crippen LogP contribution in [0.25, 0.3) is 0 Å². The summed E-state index contributed by atoms with van der Waals surface area (Å²) in [6.07, 6.45) is 10.9. The monoisotopic (exact) mass is 324 g/mol. The molecule has 3 heteroatoms. The standard InChI is InChI=1S/C19H32O2S/c1-6-16(12-13-17-19(5,7-2)22-17)11-9-10-15(4)14-18(20)21-8-3/h11,14,17H,6-10,12-13H2,1-5H3. The summed E-state index contributed by atoms with van der Waals surface area (Å²) >= 11 is 2.14. The lowest BCUT2D eigenvalue weighted by atomic mass is 9.97. The smallest absolute Gasteiger partial charge is 0.330 e. The lowest BCUT2D eigenvalue weighted by Crippen LogP contribution is -2.07. The van der Waals surface area contributed by atoms with Crippen molar-refractivity contribution in [2.75, 3.05) is 6.61 Å². The fraction of sp³-hybridized carbons (Fsp3) is 0.737. The van der Waals surface area contributed by atoms with Gasteiger partial charge >= 0.3 is 5.97 Å². The van der Waals surface area contributed by atoms with Gasteiger partial charge in [-0.05, 0) is 59.3 Å². The zero-order chi connectivity index (χ0) is 16.6. The first-order valence-corrected chi connectivity index (χ1v) is 9.52. The molecule has 1 aliphatic rings. The Balaban J connectivity index is 2.32. The third-order valence-corrected chi connectivity index (χ3v) is 6.44. The molecular weight excluding hydrogens is 292 g/mol. The Hall–Kier alpha value is -0.700. The molecule has 1 aliphatic heterocycles. The van der Waals surface area contributed by atoms with E-state index in [2.05, 4.69) is 38.6 Å². The molecule has 0 aromatic heterocycles. The minimum absolute atomic E-state index is 0.218. The van der Waals surface area contributed by atoms with Gasteiger partial charge in [-0.25, -0.2) is 4.79 Å². The van der Waals surface area contributed by atoms with Gasteiger partial charge in [0.2, 0.25) is 0 Å². The van der Waals surface area contributed by atoms with Gasteiger partial charge in [0.05, 0.1) is 6.61 Å². The molecule has 0 radical (unpaired) electrons. The van der Waals surface area contributed by atoms with Crippen molar-refractivity contribution in [3.8, 4) is 0 Å². The minimum Gasteiger partial charge on any atom is -0.463 e. The van der Waals surface area contributed by atoms with E-state index in [1.165, 1.54) is 19.3 Å². The minimum atomic E-state index is -0.218. The van der Waals surface area contributed by atoms with Crippen molar-refractivity contribution < 1.29 is 9.53 Å². The second-order valence-corrected chi connectivity index (χ2v) is 8.05. The average molecular weight is 325 g/mol. The van der Waals surface area contributed by atoms with Crippen LogP contribution in [0, 0.1) is 0 Å². The van der Waals surface area contributed by atoms with Gasteiger partial charge in [0.25, 0.3) is 0 Å². The van der Waals surface area contributed by atoms with Crippen LogP contribution in [0.3, 0.4) is 0 Å². The highest BCUT2D eigenvalue weighted by molar-refractivity contribution is 8.08. The third kappa shape index (κ3) is 6.60. The molecule has 0 amide bonds. The first kappa shape index (κ1) is 19.3. The van der Waals surface area contributed by atoms with Gasteiger partial charge in [-0.15, -0.1) is 11.8 Å². The normalized spacial score (nSPS) is 25.2. The molecule has 2 nitrogen and oxygen atoms in total. The maximum atomic E-state index is 11.4. The Morgan fingerprint density at radius 1 is 1.27 bits per heavy atom. The Bertz CT molecular complexity index is 425. The van der Waals surface area contributed by atoms with Crippen LogP contribution in [-0.2, 0) is 9.53 Å². The van der Waals surface area contributed by atoms with Crippen molar-refractivity contribution in [2.24, 2.45) is 0 Å². The molecule has 1 heterocycles. The highest BCUT2D eigenvalue weighted by Gasteiger charge is 2.48. The molecule has 0 spiro atoms. The van der Waals surface area contributed by atoms with Gasteiger partial charge in [-0.3, -0.25) is 0 Å². The highest BCUT2D eigenvalue weighted by Crippen LogP contribution is 2.57. The molecule has 22 heavy (non-hydrogen) atoms. The van der Waals surface area contributed by atoms with Crippen LogP contribution < -0.4 is 0 Å². The zero-order valence-corrected chi connectivity index (χ0v) is 15.7. The number of thioether (sulfide) groups is 1. The van der Waals surface area contributed by atoms with Gasteiger partial charge < -0.3 is 4.74 Å². The maximum absolute atomic E-state index is 11.4. The fourth-order valence-corrected chi connectivity index (χ4v) is 3.94. The molecule has 0 N–H and O–H groups in total. The molecule has 126 valence electrons. The van der Waals surface area contributed by atoms with Crippen molar-refractivity contribution >= 4 is 17.7 Å². The Labute approximate surface area is 140 Å². The van der Waals surface area contributed by atoms with E-state index in [0.717, 1.165) is 30.1 Å². The summed E-state index contributed by atoms with van der Waals surface area (Å²) in [5.41, 5.74) is 2.66. The lowest BCUT2D eigenvalue weighted by Gasteiger charge is -2.07. The molecule has 0 aromatic carbocycles. The van der Waals surface area contributed by atoms with Gasteiger partial charge in [-0.2, -0.15) is 0 Å². The summed E-state index contributed by atoms with van der Waals surface area (Å²) in [6.45, 7) is 11.2. The highest BCUT2D eigenvalue weighted by atomic mass is 32.2. The van der Waals surface area contributed by atoms with Gasteiger partial charge in [0.15, 0.2) is 0 Å². The van der Waals surface area contributed by atoms with Crippen LogP contribution >= 0.6 is 11.8 Å². The Morgan fingerprint density at radius 2 is 2.00 bits per heavy atom. The second kappa shape index (κ2) is 9.44. The predicted octanol–water partition coefficient (Wildman–Crippen LogP) is 5.68. The molecule has 0 aliphatic carbocycles. The number of ether oxygens (including phenoxy) is 1. The van der Waals surface area contributed by atoms with E-state index in [9.17, 15) is 4.79 Å². The summed E-state index contributed by atoms with van der Waals surface area (Å²) in [5.74, 6) is -0.218. The SMILES string of the molecule is CCOC(=O)C=C(C)CCC=C(CC)CCC1SC1(C)CC. The van der Waals surface area contributed by atoms with Crippen molar-refractivity contribution in [2.45, 2.75) is 83.1 Å². The fourth-order valence-electron chi connectivity index (χ4n) is 2.67. The van der Waals surface area contributed by atoms with E-state index in [1.807, 2.05) is 13.8 Å². The third-order valence-electron chi connectivity index (χ3n) is 4.54. The molecular formula is C19H32O2S. The second-order valence-electron chi connectivity index (χ2n) is 6.31. The van der Waals surface area contributed by atoms with E-state index >= 15 is 0 Å². The van der Waals surface area contributed by atoms with Crippen molar-refractivity contribution in [3.05, 3.63) is 23.3 Å². The zero-order valence-electron chi connectivity index (χ0n) is 14.9. The van der Waals surface area contributed by atoms with Crippen LogP contribution in [0.2, 0.25) is 0 Å². The lowest BCUT2D eigenvalue weighted by molar-refractivity contribution is -0.137. The molecule has 2 atom stereocenters. The van der Waals surface area contributed by atoms with Crippen molar-refractivity contribution in [1.82, 2.24) is 0 Å². The Morgan fingerprint density at radius 3 is 2.55 bits per heavy atom. The van der Waals surface area contributed by atoms with Crippen molar-refractivity contribution in [3.63, 3.8) is 0 Å². The topological polar surface area (TPSA) is 26.3 Å². The predicted molar refractivity (Wildman–Crippen MR) is 97.3 cm³/mol. The maximum Gasteiger partial charge on any atom is 0.330 e. The van der Waals surface area contributed by atoms with E-state index in [4.69, 9.17) is 4.74 Å². The summed E-state index contributed by atoms with van der Waals surface area (Å²) in [6, 6.07) is 0. The number of esters is 1. The van der Waals surface area contributed by atoms with E-state index in [1.54, 1.807) is 11.6 Å². The average Bonchev–Trinajstić information content (AvgIpc) is 3.14. The molecule has 1 fully saturated rings. The molecule has 2 unspecified atom stereocenters. The molecule has 0 bridgehead atoms. The Kier molecular flexibility index (Phi) is 8.30. The largest absolute Gasteiger partial charge is 0.463 e. The summed E-state index contributed by atoms with van der Waals surface area (Å²) in [5, 5.41) is 0.859. The first-order chi connectivity index (χ1) is 10.4. The molecule has 0 aromatic rings. The van der Waals surface area contributed by atoms with Crippen LogP contribution in [0.1, 0.15) is 73.1 Å².